The first kappa shape index (κ1) is 17.6. The van der Waals surface area contributed by atoms with E-state index in [0.717, 1.165) is 55.5 Å². The van der Waals surface area contributed by atoms with Crippen LogP contribution in [0.4, 0.5) is 20.2 Å². The lowest BCUT2D eigenvalue weighted by molar-refractivity contribution is -0.122. The average molecular weight is 370 g/mol. The summed E-state index contributed by atoms with van der Waals surface area (Å²) in [6, 6.07) is 8.46. The summed E-state index contributed by atoms with van der Waals surface area (Å²) >= 11 is 0. The summed E-state index contributed by atoms with van der Waals surface area (Å²) in [5.41, 5.74) is 2.52. The van der Waals surface area contributed by atoms with Crippen LogP contribution in [0.2, 0.25) is 0 Å². The van der Waals surface area contributed by atoms with Crippen molar-refractivity contribution < 1.29 is 18.4 Å². The zero-order chi connectivity index (χ0) is 19.0. The lowest BCUT2D eigenvalue weighted by Crippen LogP contribution is -2.33. The van der Waals surface area contributed by atoms with Crippen molar-refractivity contribution in [2.45, 2.75) is 32.1 Å². The third kappa shape index (κ3) is 3.44. The molecule has 0 atom stereocenters. The van der Waals surface area contributed by atoms with Crippen LogP contribution in [-0.4, -0.2) is 18.4 Å². The maximum atomic E-state index is 13.3. The number of nitrogens with one attached hydrogen (secondary N) is 1. The molecule has 0 bridgehead atoms. The van der Waals surface area contributed by atoms with E-state index in [0.29, 0.717) is 12.2 Å². The van der Waals surface area contributed by atoms with E-state index in [2.05, 4.69) is 5.32 Å². The van der Waals surface area contributed by atoms with Crippen LogP contribution in [0.15, 0.2) is 36.4 Å². The van der Waals surface area contributed by atoms with E-state index in [1.54, 1.807) is 6.07 Å². The van der Waals surface area contributed by atoms with Crippen molar-refractivity contribution in [3.8, 4) is 0 Å². The van der Waals surface area contributed by atoms with E-state index in [-0.39, 0.29) is 17.4 Å². The number of carbonyl (C=O) groups excluding carboxylic acids is 2. The standard InChI is InChI=1S/C21H20F2N2O2/c22-17-7-5-15(12-18(17)23)20(26)24-16-6-8-19-14(11-16)9-10-25(19)21(27)13-3-1-2-4-13/h5-8,11-13H,1-4,9-10H2,(H,24,26). The molecule has 4 rings (SSSR count). The molecule has 2 aliphatic rings. The normalized spacial score (nSPS) is 16.4. The number of hydrogen-bond acceptors (Lipinski definition) is 2. The van der Waals surface area contributed by atoms with Gasteiger partial charge in [-0.1, -0.05) is 12.8 Å². The summed E-state index contributed by atoms with van der Waals surface area (Å²) in [6.07, 6.45) is 4.90. The van der Waals surface area contributed by atoms with Crippen molar-refractivity contribution in [3.05, 3.63) is 59.2 Å². The van der Waals surface area contributed by atoms with Gasteiger partial charge in [0.1, 0.15) is 0 Å². The number of rotatable bonds is 3. The van der Waals surface area contributed by atoms with Crippen LogP contribution in [0, 0.1) is 17.6 Å². The summed E-state index contributed by atoms with van der Waals surface area (Å²) < 4.78 is 26.3. The number of nitrogens with zero attached hydrogens (tertiary/aromatic N) is 1. The minimum absolute atomic E-state index is 0.0486. The Morgan fingerprint density at radius 1 is 1.00 bits per heavy atom. The number of halogens is 2. The Bertz CT molecular complexity index is 907. The SMILES string of the molecule is O=C(Nc1ccc2c(c1)CCN2C(=O)C1CCCC1)c1ccc(F)c(F)c1. The molecule has 1 N–H and O–H groups in total. The fraction of sp³-hybridized carbons (Fsp3) is 0.333. The molecule has 2 aromatic rings. The maximum absolute atomic E-state index is 13.3. The van der Waals surface area contributed by atoms with Gasteiger partial charge >= 0.3 is 0 Å². The van der Waals surface area contributed by atoms with Crippen LogP contribution in [-0.2, 0) is 11.2 Å². The molecule has 6 heteroatoms. The van der Waals surface area contributed by atoms with Crippen molar-refractivity contribution >= 4 is 23.2 Å². The van der Waals surface area contributed by atoms with E-state index >= 15 is 0 Å². The molecule has 4 nitrogen and oxygen atoms in total. The smallest absolute Gasteiger partial charge is 0.255 e. The monoisotopic (exact) mass is 370 g/mol. The second kappa shape index (κ2) is 7.10. The molecule has 0 aromatic heterocycles. The zero-order valence-electron chi connectivity index (χ0n) is 14.8. The first-order chi connectivity index (χ1) is 13.0. The van der Waals surface area contributed by atoms with Gasteiger partial charge in [0.05, 0.1) is 0 Å². The van der Waals surface area contributed by atoms with Gasteiger partial charge in [-0.25, -0.2) is 8.78 Å². The van der Waals surface area contributed by atoms with Gasteiger partial charge in [0.15, 0.2) is 11.6 Å². The minimum Gasteiger partial charge on any atom is -0.322 e. The summed E-state index contributed by atoms with van der Waals surface area (Å²) in [5.74, 6) is -2.23. The second-order valence-electron chi connectivity index (χ2n) is 7.15. The molecule has 2 aromatic carbocycles. The van der Waals surface area contributed by atoms with Gasteiger partial charge in [0.25, 0.3) is 5.91 Å². The molecule has 1 aliphatic heterocycles. The fourth-order valence-electron chi connectivity index (χ4n) is 3.94. The number of anilines is 2. The maximum Gasteiger partial charge on any atom is 0.255 e. The van der Waals surface area contributed by atoms with Gasteiger partial charge in [0.2, 0.25) is 5.91 Å². The predicted molar refractivity (Wildman–Crippen MR) is 98.8 cm³/mol. The van der Waals surface area contributed by atoms with E-state index in [4.69, 9.17) is 0 Å². The Kier molecular flexibility index (Phi) is 4.64. The Labute approximate surface area is 156 Å². The second-order valence-corrected chi connectivity index (χ2v) is 7.15. The third-order valence-corrected chi connectivity index (χ3v) is 5.39. The Morgan fingerprint density at radius 2 is 1.78 bits per heavy atom. The molecule has 0 unspecified atom stereocenters. The largest absolute Gasteiger partial charge is 0.322 e. The Morgan fingerprint density at radius 3 is 2.52 bits per heavy atom. The molecule has 0 spiro atoms. The highest BCUT2D eigenvalue weighted by Crippen LogP contribution is 2.35. The van der Waals surface area contributed by atoms with Gasteiger partial charge in [-0.3, -0.25) is 9.59 Å². The Hall–Kier alpha value is -2.76. The van der Waals surface area contributed by atoms with E-state index in [1.807, 2.05) is 17.0 Å². The first-order valence-electron chi connectivity index (χ1n) is 9.23. The summed E-state index contributed by atoms with van der Waals surface area (Å²) in [5, 5.41) is 2.70. The topological polar surface area (TPSA) is 49.4 Å². The fourth-order valence-corrected chi connectivity index (χ4v) is 3.94. The Balaban J connectivity index is 1.49. The lowest BCUT2D eigenvalue weighted by Gasteiger charge is -2.21. The number of carbonyl (C=O) groups is 2. The molecule has 1 aliphatic carbocycles. The molecule has 2 amide bonds. The van der Waals surface area contributed by atoms with Crippen LogP contribution in [0.5, 0.6) is 0 Å². The van der Waals surface area contributed by atoms with E-state index < -0.39 is 17.5 Å². The van der Waals surface area contributed by atoms with Gasteiger partial charge in [0, 0.05) is 29.4 Å². The first-order valence-corrected chi connectivity index (χ1v) is 9.23. The van der Waals surface area contributed by atoms with Crippen molar-refractivity contribution in [2.24, 2.45) is 5.92 Å². The van der Waals surface area contributed by atoms with E-state index in [9.17, 15) is 18.4 Å². The van der Waals surface area contributed by atoms with Gasteiger partial charge in [-0.15, -0.1) is 0 Å². The minimum atomic E-state index is -1.06. The molecule has 0 saturated heterocycles. The highest BCUT2D eigenvalue weighted by Gasteiger charge is 2.31. The van der Waals surface area contributed by atoms with Gasteiger partial charge < -0.3 is 10.2 Å². The molecule has 1 fully saturated rings. The molecule has 140 valence electrons. The molecular weight excluding hydrogens is 350 g/mol. The quantitative estimate of drug-likeness (QED) is 0.876. The molecule has 1 saturated carbocycles. The van der Waals surface area contributed by atoms with Crippen LogP contribution >= 0.6 is 0 Å². The van der Waals surface area contributed by atoms with Crippen molar-refractivity contribution in [3.63, 3.8) is 0 Å². The average Bonchev–Trinajstić information content (AvgIpc) is 3.33. The van der Waals surface area contributed by atoms with Crippen LogP contribution in [0.1, 0.15) is 41.6 Å². The summed E-state index contributed by atoms with van der Waals surface area (Å²) in [6.45, 7) is 0.658. The molecular formula is C21H20F2N2O2. The van der Waals surface area contributed by atoms with Gasteiger partial charge in [-0.2, -0.15) is 0 Å². The summed E-state index contributed by atoms with van der Waals surface area (Å²) in [4.78, 5) is 26.8. The van der Waals surface area contributed by atoms with Crippen LogP contribution < -0.4 is 10.2 Å². The molecule has 27 heavy (non-hydrogen) atoms. The molecule has 0 radical (unpaired) electrons. The van der Waals surface area contributed by atoms with Crippen molar-refractivity contribution in [2.75, 3.05) is 16.8 Å². The van der Waals surface area contributed by atoms with Gasteiger partial charge in [-0.05, 0) is 61.2 Å². The number of fused-ring (bicyclic) bond motifs is 1. The lowest BCUT2D eigenvalue weighted by atomic mass is 10.1. The highest BCUT2D eigenvalue weighted by molar-refractivity contribution is 6.04. The summed E-state index contributed by atoms with van der Waals surface area (Å²) in [7, 11) is 0. The molecule has 1 heterocycles. The highest BCUT2D eigenvalue weighted by atomic mass is 19.2. The predicted octanol–water partition coefficient (Wildman–Crippen LogP) is 4.30. The van der Waals surface area contributed by atoms with Crippen molar-refractivity contribution in [1.82, 2.24) is 0 Å². The number of benzene rings is 2. The third-order valence-electron chi connectivity index (χ3n) is 5.39. The van der Waals surface area contributed by atoms with Crippen LogP contribution in [0.25, 0.3) is 0 Å². The van der Waals surface area contributed by atoms with Crippen LogP contribution in [0.3, 0.4) is 0 Å². The zero-order valence-corrected chi connectivity index (χ0v) is 14.8. The number of amides is 2. The van der Waals surface area contributed by atoms with E-state index in [1.165, 1.54) is 6.07 Å². The van der Waals surface area contributed by atoms with Crippen molar-refractivity contribution in [1.29, 1.82) is 0 Å². The number of hydrogen-bond donors (Lipinski definition) is 1.